The summed E-state index contributed by atoms with van der Waals surface area (Å²) in [6.07, 6.45) is 0. The Bertz CT molecular complexity index is 1890. The van der Waals surface area contributed by atoms with E-state index in [1.165, 1.54) is 58.5 Å². The van der Waals surface area contributed by atoms with Gasteiger partial charge in [0.1, 0.15) is 0 Å². The van der Waals surface area contributed by atoms with E-state index in [-0.39, 0.29) is 22.8 Å². The molecule has 2 amide bonds. The van der Waals surface area contributed by atoms with Gasteiger partial charge in [0.25, 0.3) is 23.2 Å². The highest BCUT2D eigenvalue weighted by atomic mass is 79.9. The Kier molecular flexibility index (Phi) is 7.85. The number of para-hydroxylation sites is 2. The molecular formula is C31H20Br2N6O6. The summed E-state index contributed by atoms with van der Waals surface area (Å²) < 4.78 is -1.67. The maximum Gasteiger partial charge on any atom is 0.271 e. The minimum atomic E-state index is -1.67. The topological polar surface area (TPSA) is 152 Å². The summed E-state index contributed by atoms with van der Waals surface area (Å²) in [6, 6.07) is 28.7. The average molecular weight is 732 g/mol. The number of alkyl halides is 2. The van der Waals surface area contributed by atoms with Crippen LogP contribution in [-0.2, 0) is 9.59 Å². The number of rotatable bonds is 8. The lowest BCUT2D eigenvalue weighted by molar-refractivity contribution is -0.385. The first-order chi connectivity index (χ1) is 21.6. The van der Waals surface area contributed by atoms with Gasteiger partial charge in [-0.3, -0.25) is 29.8 Å². The van der Waals surface area contributed by atoms with Gasteiger partial charge in [0.15, 0.2) is 4.32 Å². The summed E-state index contributed by atoms with van der Waals surface area (Å²) in [7, 11) is 0. The minimum Gasteiger partial charge on any atom is -0.272 e. The SMILES string of the molecule is O=C1[C@@H]([C@H](Br)[C@@]2(Br)C(=O)N(c3ccccc3)N=C2c2ccc([N+](=O)[O-])cc2)C(c2ccc([N+](=O)[O-])cc2)=NN1c1ccccc1. The first kappa shape index (κ1) is 30.0. The predicted octanol–water partition coefficient (Wildman–Crippen LogP) is 6.22. The monoisotopic (exact) mass is 730 g/mol. The number of benzene rings is 4. The summed E-state index contributed by atoms with van der Waals surface area (Å²) >= 11 is 7.39. The molecule has 0 aliphatic carbocycles. The zero-order valence-electron chi connectivity index (χ0n) is 22.9. The standard InChI is InChI=1S/C31H20Br2N6O6/c32-27(25-26(19-11-15-23(16-12-19)38(42)43)34-36(29(25)40)21-7-3-1-4-8-21)31(33)28(20-13-17-24(18-14-20)39(44)45)35-37(30(31)41)22-9-5-2-6-10-22/h1-18,25,27H/t25-,27+,31+/m1/s1. The Balaban J connectivity index is 1.48. The van der Waals surface area contributed by atoms with Crippen LogP contribution < -0.4 is 10.0 Å². The lowest BCUT2D eigenvalue weighted by Crippen LogP contribution is -2.54. The maximum atomic E-state index is 14.4. The van der Waals surface area contributed by atoms with E-state index in [1.807, 2.05) is 0 Å². The molecule has 0 saturated heterocycles. The molecule has 0 bridgehead atoms. The number of carbonyl (C=O) groups is 2. The first-order valence-electron chi connectivity index (χ1n) is 13.4. The number of halogens is 2. The molecule has 0 radical (unpaired) electrons. The van der Waals surface area contributed by atoms with Gasteiger partial charge in [-0.25, -0.2) is 0 Å². The molecule has 0 saturated carbocycles. The molecule has 0 fully saturated rings. The van der Waals surface area contributed by atoms with Crippen molar-refractivity contribution in [3.63, 3.8) is 0 Å². The maximum absolute atomic E-state index is 14.4. The van der Waals surface area contributed by atoms with E-state index in [1.54, 1.807) is 60.7 Å². The van der Waals surface area contributed by atoms with Gasteiger partial charge >= 0.3 is 0 Å². The molecule has 3 atom stereocenters. The molecule has 2 aliphatic rings. The molecule has 6 rings (SSSR count). The summed E-state index contributed by atoms with van der Waals surface area (Å²) in [4.78, 5) is 49.2. The highest BCUT2D eigenvalue weighted by Crippen LogP contribution is 2.46. The molecule has 0 aromatic heterocycles. The molecule has 4 aromatic rings. The van der Waals surface area contributed by atoms with E-state index in [0.29, 0.717) is 22.5 Å². The number of nitrogens with zero attached hydrogens (tertiary/aromatic N) is 6. The number of amides is 2. The van der Waals surface area contributed by atoms with E-state index in [0.717, 1.165) is 0 Å². The molecule has 45 heavy (non-hydrogen) atoms. The van der Waals surface area contributed by atoms with Crippen LogP contribution in [0, 0.1) is 26.1 Å². The largest absolute Gasteiger partial charge is 0.272 e. The third-order valence-electron chi connectivity index (χ3n) is 7.43. The molecule has 224 valence electrons. The van der Waals surface area contributed by atoms with E-state index in [2.05, 4.69) is 42.1 Å². The van der Waals surface area contributed by atoms with Gasteiger partial charge in [-0.2, -0.15) is 20.2 Å². The van der Waals surface area contributed by atoms with Gasteiger partial charge in [0, 0.05) is 29.8 Å². The predicted molar refractivity (Wildman–Crippen MR) is 175 cm³/mol. The third kappa shape index (κ3) is 5.21. The average Bonchev–Trinajstić information content (AvgIpc) is 3.55. The Labute approximate surface area is 272 Å². The van der Waals surface area contributed by atoms with Gasteiger partial charge in [-0.1, -0.05) is 68.3 Å². The van der Waals surface area contributed by atoms with Crippen LogP contribution in [-0.4, -0.2) is 42.2 Å². The molecule has 0 spiro atoms. The lowest BCUT2D eigenvalue weighted by Gasteiger charge is -2.31. The number of hydrogen-bond donors (Lipinski definition) is 0. The van der Waals surface area contributed by atoms with Crippen LogP contribution in [0.4, 0.5) is 22.7 Å². The Hall–Kier alpha value is -5.08. The van der Waals surface area contributed by atoms with Crippen LogP contribution in [0.3, 0.4) is 0 Å². The van der Waals surface area contributed by atoms with Crippen molar-refractivity contribution in [2.24, 2.45) is 16.1 Å². The number of carbonyl (C=O) groups excluding carboxylic acids is 2. The summed E-state index contributed by atoms with van der Waals surface area (Å²) in [5.74, 6) is -2.06. The van der Waals surface area contributed by atoms with Crippen LogP contribution in [0.2, 0.25) is 0 Å². The molecule has 0 unspecified atom stereocenters. The number of hydrogen-bond acceptors (Lipinski definition) is 8. The van der Waals surface area contributed by atoms with Crippen molar-refractivity contribution in [1.29, 1.82) is 0 Å². The van der Waals surface area contributed by atoms with E-state index >= 15 is 0 Å². The highest BCUT2D eigenvalue weighted by Gasteiger charge is 2.60. The Morgan fingerprint density at radius 3 is 1.64 bits per heavy atom. The second-order valence-corrected chi connectivity index (χ2v) is 12.3. The van der Waals surface area contributed by atoms with E-state index < -0.39 is 36.7 Å². The Morgan fingerprint density at radius 1 is 0.689 bits per heavy atom. The van der Waals surface area contributed by atoms with Crippen LogP contribution in [0.15, 0.2) is 119 Å². The quantitative estimate of drug-likeness (QED) is 0.119. The number of nitro benzene ring substituents is 2. The van der Waals surface area contributed by atoms with E-state index in [4.69, 9.17) is 0 Å². The van der Waals surface area contributed by atoms with Crippen LogP contribution in [0.5, 0.6) is 0 Å². The van der Waals surface area contributed by atoms with E-state index in [9.17, 15) is 29.8 Å². The van der Waals surface area contributed by atoms with Crippen molar-refractivity contribution in [2.75, 3.05) is 10.0 Å². The number of nitro groups is 2. The molecule has 2 aliphatic heterocycles. The number of anilines is 2. The second-order valence-electron chi connectivity index (χ2n) is 10.1. The van der Waals surface area contributed by atoms with Gasteiger partial charge in [0.2, 0.25) is 0 Å². The number of hydrazone groups is 2. The normalized spacial score (nSPS) is 20.2. The van der Waals surface area contributed by atoms with Gasteiger partial charge in [-0.15, -0.1) is 0 Å². The van der Waals surface area contributed by atoms with Crippen molar-refractivity contribution < 1.29 is 19.4 Å². The number of non-ortho nitro benzene ring substituents is 2. The first-order valence-corrected chi connectivity index (χ1v) is 15.1. The fourth-order valence-corrected chi connectivity index (χ4v) is 6.81. The summed E-state index contributed by atoms with van der Waals surface area (Å²) in [5, 5.41) is 34.5. The zero-order chi connectivity index (χ0) is 31.9. The molecular weight excluding hydrogens is 712 g/mol. The highest BCUT2D eigenvalue weighted by molar-refractivity contribution is 9.13. The fraction of sp³-hybridized carbons (Fsp3) is 0.0968. The molecule has 0 N–H and O–H groups in total. The second kappa shape index (κ2) is 11.8. The minimum absolute atomic E-state index is 0.135. The molecule has 12 nitrogen and oxygen atoms in total. The molecule has 14 heteroatoms. The van der Waals surface area contributed by atoms with Crippen molar-refractivity contribution >= 4 is 77.8 Å². The zero-order valence-corrected chi connectivity index (χ0v) is 26.1. The van der Waals surface area contributed by atoms with Crippen molar-refractivity contribution in [3.05, 3.63) is 141 Å². The van der Waals surface area contributed by atoms with Crippen LogP contribution >= 0.6 is 31.9 Å². The molecule has 4 aromatic carbocycles. The van der Waals surface area contributed by atoms with Crippen molar-refractivity contribution in [1.82, 2.24) is 0 Å². The van der Waals surface area contributed by atoms with Crippen molar-refractivity contribution in [2.45, 2.75) is 9.15 Å². The fourth-order valence-electron chi connectivity index (χ4n) is 5.18. The third-order valence-corrected chi connectivity index (χ3v) is 10.5. The smallest absolute Gasteiger partial charge is 0.271 e. The summed E-state index contributed by atoms with van der Waals surface area (Å²) in [5.41, 5.74) is 2.01. The van der Waals surface area contributed by atoms with Gasteiger partial charge in [-0.05, 0) is 54.1 Å². The molecule has 2 heterocycles. The van der Waals surface area contributed by atoms with Gasteiger partial charge in [0.05, 0.1) is 43.4 Å². The van der Waals surface area contributed by atoms with Gasteiger partial charge < -0.3 is 0 Å². The van der Waals surface area contributed by atoms with Crippen LogP contribution in [0.1, 0.15) is 11.1 Å². The van der Waals surface area contributed by atoms with Crippen molar-refractivity contribution in [3.8, 4) is 0 Å². The Morgan fingerprint density at radius 2 is 1.16 bits per heavy atom. The van der Waals surface area contributed by atoms with Crippen LogP contribution in [0.25, 0.3) is 0 Å². The summed E-state index contributed by atoms with van der Waals surface area (Å²) in [6.45, 7) is 0. The lowest BCUT2D eigenvalue weighted by atomic mass is 9.83.